The summed E-state index contributed by atoms with van der Waals surface area (Å²) in [5.74, 6) is 0.445. The molecule has 6 nitrogen and oxygen atoms in total. The van der Waals surface area contributed by atoms with E-state index in [0.29, 0.717) is 56.4 Å². The number of esters is 2. The lowest BCUT2D eigenvalue weighted by atomic mass is 9.84. The summed E-state index contributed by atoms with van der Waals surface area (Å²) in [7, 11) is 0. The summed E-state index contributed by atoms with van der Waals surface area (Å²) in [6.45, 7) is 17.1. The molecule has 5 rings (SSSR count). The van der Waals surface area contributed by atoms with Crippen molar-refractivity contribution in [1.29, 1.82) is 0 Å². The smallest absolute Gasteiger partial charge is 0.311 e. The van der Waals surface area contributed by atoms with E-state index < -0.39 is 0 Å². The number of carbonyl (C=O) groups is 4. The molecule has 1 aliphatic carbocycles. The first-order chi connectivity index (χ1) is 24.5. The molecule has 4 aromatic rings. The first-order valence-electron chi connectivity index (χ1n) is 17.8. The summed E-state index contributed by atoms with van der Waals surface area (Å²) < 4.78 is 11.2. The molecule has 0 amide bonds. The van der Waals surface area contributed by atoms with Gasteiger partial charge in [0.05, 0.1) is 0 Å². The van der Waals surface area contributed by atoms with E-state index in [1.165, 1.54) is 23.5 Å². The van der Waals surface area contributed by atoms with Crippen LogP contribution in [-0.4, -0.2) is 23.5 Å². The molecule has 52 heavy (non-hydrogen) atoms. The molecule has 0 saturated carbocycles. The maximum atomic E-state index is 14.0. The topological polar surface area (TPSA) is 86.7 Å². The first kappa shape index (κ1) is 39.1. The van der Waals surface area contributed by atoms with Crippen LogP contribution in [0.25, 0.3) is 0 Å². The number of ether oxygens (including phenoxy) is 2. The van der Waals surface area contributed by atoms with Crippen LogP contribution in [-0.2, 0) is 9.59 Å². The number of benzene rings is 4. The minimum atomic E-state index is -0.260. The van der Waals surface area contributed by atoms with Gasteiger partial charge in [-0.05, 0) is 96.2 Å². The van der Waals surface area contributed by atoms with Gasteiger partial charge in [-0.2, -0.15) is 0 Å². The van der Waals surface area contributed by atoms with Gasteiger partial charge in [0.25, 0.3) is 0 Å². The van der Waals surface area contributed by atoms with Gasteiger partial charge in [-0.25, -0.2) is 0 Å². The molecule has 4 aromatic carbocycles. The van der Waals surface area contributed by atoms with Crippen molar-refractivity contribution in [2.24, 2.45) is 22.7 Å². The third kappa shape index (κ3) is 10.5. The van der Waals surface area contributed by atoms with Crippen molar-refractivity contribution >= 4 is 47.0 Å². The Morgan fingerprint density at radius 1 is 0.558 bits per heavy atom. The van der Waals surface area contributed by atoms with Gasteiger partial charge < -0.3 is 9.47 Å². The van der Waals surface area contributed by atoms with Gasteiger partial charge in [0.1, 0.15) is 11.5 Å². The highest BCUT2D eigenvalue weighted by atomic mass is 32.2. The molecule has 0 spiro atoms. The summed E-state index contributed by atoms with van der Waals surface area (Å²) in [6, 6.07) is 25.1. The molecule has 2 atom stereocenters. The predicted molar refractivity (Wildman–Crippen MR) is 208 cm³/mol. The van der Waals surface area contributed by atoms with Crippen molar-refractivity contribution in [2.75, 3.05) is 0 Å². The van der Waals surface area contributed by atoms with Crippen molar-refractivity contribution < 1.29 is 28.7 Å². The Morgan fingerprint density at radius 3 is 1.23 bits per heavy atom. The maximum absolute atomic E-state index is 14.0. The van der Waals surface area contributed by atoms with Gasteiger partial charge in [0.15, 0.2) is 11.6 Å². The lowest BCUT2D eigenvalue weighted by molar-refractivity contribution is -0.136. The third-order valence-electron chi connectivity index (χ3n) is 8.51. The van der Waals surface area contributed by atoms with Crippen molar-refractivity contribution in [1.82, 2.24) is 0 Å². The molecule has 0 radical (unpaired) electrons. The molecule has 0 heterocycles. The molecule has 0 aliphatic heterocycles. The van der Waals surface area contributed by atoms with Crippen LogP contribution in [0.3, 0.4) is 0 Å². The number of fused-ring (bicyclic) bond motifs is 2. The Kier molecular flexibility index (Phi) is 12.2. The van der Waals surface area contributed by atoms with E-state index in [4.69, 9.17) is 9.47 Å². The van der Waals surface area contributed by atoms with Crippen LogP contribution in [0.5, 0.6) is 11.5 Å². The highest BCUT2D eigenvalue weighted by molar-refractivity contribution is 7.99. The fraction of sp³-hybridized carbons (Fsp3) is 0.364. The van der Waals surface area contributed by atoms with Crippen LogP contribution in [0.1, 0.15) is 113 Å². The van der Waals surface area contributed by atoms with E-state index >= 15 is 0 Å². The lowest BCUT2D eigenvalue weighted by Crippen LogP contribution is -2.22. The second kappa shape index (κ2) is 16.3. The van der Waals surface area contributed by atoms with E-state index in [2.05, 4.69) is 55.4 Å². The SMILES string of the molecule is CC(CC(=O)Oc1ccc(Sc2cccc3c2C(=O)c2cccc(Sc4ccc(OC(=O)CC(C)CC(C)(C)C)cc4)c2C3=O)cc1)CC(C)(C)C. The predicted octanol–water partition coefficient (Wildman–Crippen LogP) is 11.5. The molecule has 0 saturated heterocycles. The number of hydrogen-bond donors (Lipinski definition) is 0. The molecular weight excluding hydrogens is 689 g/mol. The quantitative estimate of drug-likeness (QED) is 0.0924. The summed E-state index contributed by atoms with van der Waals surface area (Å²) in [4.78, 5) is 56.2. The molecule has 2 unspecified atom stereocenters. The highest BCUT2D eigenvalue weighted by Gasteiger charge is 2.34. The van der Waals surface area contributed by atoms with Gasteiger partial charge in [-0.1, -0.05) is 103 Å². The van der Waals surface area contributed by atoms with E-state index in [-0.39, 0.29) is 46.2 Å². The standard InChI is InChI=1S/C44H48O6S2/c1-27(25-43(3,4)5)23-37(45)49-29-15-19-31(20-16-29)51-35-13-9-11-33-39(35)41(47)34-12-10-14-36(40(34)42(33)48)52-32-21-17-30(18-22-32)50-38(46)24-28(2)26-44(6,7)8/h9-22,27-28H,23-26H2,1-8H3. The number of carbonyl (C=O) groups excluding carboxylic acids is 4. The van der Waals surface area contributed by atoms with E-state index in [1.54, 1.807) is 48.5 Å². The van der Waals surface area contributed by atoms with E-state index in [1.807, 2.05) is 36.4 Å². The molecule has 8 heteroatoms. The van der Waals surface area contributed by atoms with Crippen LogP contribution < -0.4 is 9.47 Å². The van der Waals surface area contributed by atoms with Gasteiger partial charge in [0, 0.05) is 54.7 Å². The largest absolute Gasteiger partial charge is 0.427 e. The minimum absolute atomic E-state index is 0.141. The summed E-state index contributed by atoms with van der Waals surface area (Å²) in [5.41, 5.74) is 1.80. The number of rotatable bonds is 12. The molecule has 272 valence electrons. The van der Waals surface area contributed by atoms with Gasteiger partial charge in [0.2, 0.25) is 0 Å². The Labute approximate surface area is 316 Å². The Hall–Kier alpha value is -4.14. The maximum Gasteiger partial charge on any atom is 0.311 e. The Bertz CT molecular complexity index is 1810. The van der Waals surface area contributed by atoms with Crippen molar-refractivity contribution in [3.63, 3.8) is 0 Å². The van der Waals surface area contributed by atoms with E-state index in [9.17, 15) is 19.2 Å². The van der Waals surface area contributed by atoms with Crippen LogP contribution in [0.4, 0.5) is 0 Å². The number of hydrogen-bond acceptors (Lipinski definition) is 8. The molecule has 0 aromatic heterocycles. The van der Waals surface area contributed by atoms with Crippen LogP contribution in [0.15, 0.2) is 105 Å². The average Bonchev–Trinajstić information content (AvgIpc) is 3.03. The lowest BCUT2D eigenvalue weighted by Gasteiger charge is -2.22. The monoisotopic (exact) mass is 736 g/mol. The second-order valence-electron chi connectivity index (χ2n) is 16.3. The molecule has 0 fully saturated rings. The molecule has 0 bridgehead atoms. The normalized spacial score (nSPS) is 13.9. The van der Waals surface area contributed by atoms with Crippen LogP contribution in [0, 0.1) is 22.7 Å². The summed E-state index contributed by atoms with van der Waals surface area (Å²) in [5, 5.41) is 0. The zero-order valence-electron chi connectivity index (χ0n) is 31.3. The third-order valence-corrected chi connectivity index (χ3v) is 10.7. The number of ketones is 2. The van der Waals surface area contributed by atoms with Gasteiger partial charge >= 0.3 is 11.9 Å². The zero-order chi connectivity index (χ0) is 37.8. The summed E-state index contributed by atoms with van der Waals surface area (Å²) >= 11 is 2.78. The van der Waals surface area contributed by atoms with Crippen molar-refractivity contribution in [2.45, 2.75) is 101 Å². The zero-order valence-corrected chi connectivity index (χ0v) is 33.0. The summed E-state index contributed by atoms with van der Waals surface area (Å²) in [6.07, 6.45) is 2.55. The fourth-order valence-corrected chi connectivity index (χ4v) is 8.86. The highest BCUT2D eigenvalue weighted by Crippen LogP contribution is 2.41. The Balaban J connectivity index is 1.26. The van der Waals surface area contributed by atoms with Crippen LogP contribution >= 0.6 is 23.5 Å². The minimum Gasteiger partial charge on any atom is -0.427 e. The van der Waals surface area contributed by atoms with Crippen molar-refractivity contribution in [3.05, 3.63) is 107 Å². The van der Waals surface area contributed by atoms with Gasteiger partial charge in [-0.3, -0.25) is 19.2 Å². The molecule has 1 aliphatic rings. The van der Waals surface area contributed by atoms with Crippen LogP contribution in [0.2, 0.25) is 0 Å². The second-order valence-corrected chi connectivity index (χ2v) is 18.5. The fourth-order valence-electron chi connectivity index (χ4n) is 6.90. The van der Waals surface area contributed by atoms with Crippen molar-refractivity contribution in [3.8, 4) is 11.5 Å². The first-order valence-corrected chi connectivity index (χ1v) is 19.4. The average molecular weight is 737 g/mol. The molecular formula is C44H48O6S2. The molecule has 0 N–H and O–H groups in total. The van der Waals surface area contributed by atoms with Gasteiger partial charge in [-0.15, -0.1) is 0 Å². The van der Waals surface area contributed by atoms with E-state index in [0.717, 1.165) is 22.6 Å². The Morgan fingerprint density at radius 2 is 0.904 bits per heavy atom.